The van der Waals surface area contributed by atoms with E-state index in [4.69, 9.17) is 54.0 Å². The lowest BCUT2D eigenvalue weighted by Gasteiger charge is -2.17. The number of aliphatic hydroxyl groups is 3. The van der Waals surface area contributed by atoms with E-state index in [1.807, 2.05) is 0 Å². The summed E-state index contributed by atoms with van der Waals surface area (Å²) in [4.78, 5) is 111. The molecule has 0 aromatic heterocycles. The van der Waals surface area contributed by atoms with Crippen LogP contribution in [0, 0.1) is 0 Å². The number of aliphatic carboxylic acids is 2. The maximum Gasteiger partial charge on any atom is 0.306 e. The van der Waals surface area contributed by atoms with Crippen molar-refractivity contribution < 1.29 is 132 Å². The molecule has 27 heteroatoms. The Bertz CT molecular complexity index is 1340. The Hall–Kier alpha value is -5.58. The van der Waals surface area contributed by atoms with Crippen LogP contribution in [0.3, 0.4) is 0 Å². The largest absolute Gasteiger partial charge is 0.870 e. The van der Waals surface area contributed by atoms with Gasteiger partial charge in [0.1, 0.15) is 19.3 Å². The molecule has 7 N–H and O–H groups in total. The van der Waals surface area contributed by atoms with Crippen LogP contribution < -0.4 is 0 Å². The van der Waals surface area contributed by atoms with E-state index in [1.54, 1.807) is 0 Å². The van der Waals surface area contributed by atoms with Crippen molar-refractivity contribution in [2.75, 3.05) is 82.3 Å². The number of esters is 8. The first kappa shape index (κ1) is 101. The molecule has 0 bridgehead atoms. The van der Waals surface area contributed by atoms with E-state index < -0.39 is 54.1 Å². The summed E-state index contributed by atoms with van der Waals surface area (Å²) in [6.07, 6.45) is 4.42. The van der Waals surface area contributed by atoms with Gasteiger partial charge in [0.2, 0.25) is 0 Å². The molecule has 0 saturated heterocycles. The second-order valence-corrected chi connectivity index (χ2v) is 14.6. The minimum Gasteiger partial charge on any atom is -0.870 e. The molecule has 0 aromatic carbocycles. The number of carboxylic acids is 2. The van der Waals surface area contributed by atoms with Crippen LogP contribution in [0.25, 0.3) is 0 Å². The summed E-state index contributed by atoms with van der Waals surface area (Å²) in [5, 5.41) is 40.3. The minimum atomic E-state index is -0.954. The van der Waals surface area contributed by atoms with E-state index in [2.05, 4.69) is 18.9 Å². The van der Waals surface area contributed by atoms with Gasteiger partial charge in [0.05, 0.1) is 54.9 Å². The van der Waals surface area contributed by atoms with Crippen LogP contribution in [0.15, 0.2) is 0 Å². The van der Waals surface area contributed by atoms with Crippen LogP contribution in [-0.4, -0.2) is 197 Å². The highest BCUT2D eigenvalue weighted by Gasteiger charge is 2.19. The number of hydrogen-bond acceptors (Lipinski definition) is 25. The van der Waals surface area contributed by atoms with Crippen molar-refractivity contribution in [2.24, 2.45) is 0 Å². The van der Waals surface area contributed by atoms with Crippen molar-refractivity contribution in [3.05, 3.63) is 0 Å². The van der Waals surface area contributed by atoms with E-state index in [-0.39, 0.29) is 183 Å². The van der Waals surface area contributed by atoms with E-state index in [1.165, 1.54) is 42.7 Å². The van der Waals surface area contributed by atoms with Crippen molar-refractivity contribution >= 4 is 59.7 Å². The first-order valence-corrected chi connectivity index (χ1v) is 22.6. The smallest absolute Gasteiger partial charge is 0.306 e. The van der Waals surface area contributed by atoms with Crippen molar-refractivity contribution in [1.29, 1.82) is 0 Å². The summed E-state index contributed by atoms with van der Waals surface area (Å²) in [6.45, 7) is -0.727. The van der Waals surface area contributed by atoms with Gasteiger partial charge in [0.15, 0.2) is 12.2 Å². The molecule has 0 aliphatic heterocycles. The van der Waals surface area contributed by atoms with Crippen molar-refractivity contribution in [1.82, 2.24) is 0 Å². The number of aliphatic hydroxyl groups excluding tert-OH is 3. The molecule has 0 heterocycles. The van der Waals surface area contributed by atoms with Gasteiger partial charge in [-0.1, -0.05) is 44.6 Å². The molecule has 0 saturated carbocycles. The molecule has 0 amide bonds. The fourth-order valence-electron chi connectivity index (χ4n) is 4.78. The average Bonchev–Trinajstić information content (AvgIpc) is 3.34. The zero-order valence-corrected chi connectivity index (χ0v) is 42.4. The first-order valence-electron chi connectivity index (χ1n) is 22.6. The predicted octanol–water partition coefficient (Wildman–Crippen LogP) is 5.62. The molecule has 0 aromatic rings. The van der Waals surface area contributed by atoms with Crippen molar-refractivity contribution in [2.45, 2.75) is 191 Å². The van der Waals surface area contributed by atoms with Gasteiger partial charge in [-0.2, -0.15) is 0 Å². The zero-order chi connectivity index (χ0) is 54.0. The maximum absolute atomic E-state index is 11.8. The molecule has 472 valence electrons. The molecule has 78 heavy (non-hydrogen) atoms. The number of carbonyl (C=O) groups excluding carboxylic acids is 8. The molecular formula is C51H104O27-2. The second-order valence-electron chi connectivity index (χ2n) is 14.6. The molecule has 27 nitrogen and oxygen atoms in total. The third-order valence-corrected chi connectivity index (χ3v) is 8.57. The predicted molar refractivity (Wildman–Crippen MR) is 286 cm³/mol. The van der Waals surface area contributed by atoms with Crippen LogP contribution in [0.2, 0.25) is 0 Å². The highest BCUT2D eigenvalue weighted by Crippen LogP contribution is 2.09. The Kier molecular flexibility index (Phi) is 95.3. The highest BCUT2D eigenvalue weighted by atomic mass is 16.6. The number of unbranched alkanes of at least 4 members (excludes halogenated alkanes) is 5. The third kappa shape index (κ3) is 79.3. The van der Waals surface area contributed by atoms with Gasteiger partial charge >= 0.3 is 59.7 Å². The molecule has 0 rings (SSSR count). The molecule has 0 fully saturated rings. The van der Waals surface area contributed by atoms with E-state index in [0.717, 1.165) is 0 Å². The Labute approximate surface area is 464 Å². The van der Waals surface area contributed by atoms with Gasteiger partial charge in [-0.15, -0.1) is 0 Å². The van der Waals surface area contributed by atoms with Gasteiger partial charge in [-0.3, -0.25) is 47.9 Å². The number of ether oxygens (including phenoxy) is 10. The monoisotopic (exact) mass is 1150 g/mol. The van der Waals surface area contributed by atoms with Gasteiger partial charge < -0.3 is 83.9 Å². The van der Waals surface area contributed by atoms with E-state index in [0.29, 0.717) is 64.2 Å². The summed E-state index contributed by atoms with van der Waals surface area (Å²) in [5.74, 6) is -4.78. The molecule has 0 aliphatic carbocycles. The average molecular weight is 1150 g/mol. The molecule has 0 radical (unpaired) electrons. The standard InChI is InChI=1S/2C18H30O9.C6H10O4.C3H8O3.6CH4.2H2O/c2*1-23-12-14(27-18(22)11-7-5-9-16(20)25-3)13-26-17(21)10-6-4-8-15(19)24-2;7-5(8)3-1-2-4-6(9)10;4-1-3(6)2-5;;;;;;;;/h2*14H,4-13H2,1-3H3;1-4H2,(H,7,8)(H,9,10);3-6H,1-2H2;6*1H4;2*1H2/p-2. The summed E-state index contributed by atoms with van der Waals surface area (Å²) in [7, 11) is 8.15. The molecular weight excluding hydrogens is 1040 g/mol. The topological polar surface area (TPSA) is 424 Å². The Balaban J connectivity index is -0.0000000806. The Morgan fingerprint density at radius 3 is 0.718 bits per heavy atom. The van der Waals surface area contributed by atoms with Crippen LogP contribution in [0.1, 0.15) is 173 Å². The van der Waals surface area contributed by atoms with Crippen LogP contribution in [-0.2, 0) is 95.3 Å². The summed E-state index contributed by atoms with van der Waals surface area (Å²) >= 11 is 0. The van der Waals surface area contributed by atoms with Crippen LogP contribution in [0.4, 0.5) is 0 Å². The number of rotatable bonds is 37. The minimum absolute atomic E-state index is 0. The molecule has 2 atom stereocenters. The first-order chi connectivity index (χ1) is 33.3. The Morgan fingerprint density at radius 2 is 0.538 bits per heavy atom. The third-order valence-electron chi connectivity index (χ3n) is 8.57. The molecule has 0 spiro atoms. The lowest BCUT2D eigenvalue weighted by molar-refractivity contribution is -0.162. The number of carbonyl (C=O) groups is 10. The number of hydrogen-bond donors (Lipinski definition) is 5. The quantitative estimate of drug-likeness (QED) is 0.0286. The summed E-state index contributed by atoms with van der Waals surface area (Å²) in [5.41, 5.74) is 0. The number of carboxylic acid groups (broad SMARTS) is 2. The van der Waals surface area contributed by atoms with Gasteiger partial charge in [-0.25, -0.2) is 0 Å². The maximum atomic E-state index is 11.8. The summed E-state index contributed by atoms with van der Waals surface area (Å²) < 4.78 is 48.6. The summed E-state index contributed by atoms with van der Waals surface area (Å²) in [6, 6.07) is 0. The normalized spacial score (nSPS) is 9.82. The van der Waals surface area contributed by atoms with E-state index in [9.17, 15) is 47.9 Å². The lowest BCUT2D eigenvalue weighted by atomic mass is 10.2. The highest BCUT2D eigenvalue weighted by molar-refractivity contribution is 5.73. The van der Waals surface area contributed by atoms with Gasteiger partial charge in [0, 0.05) is 78.4 Å². The second kappa shape index (κ2) is 73.5. The van der Waals surface area contributed by atoms with Gasteiger partial charge in [0.25, 0.3) is 0 Å². The zero-order valence-electron chi connectivity index (χ0n) is 42.4. The molecule has 0 aliphatic rings. The van der Waals surface area contributed by atoms with Gasteiger partial charge in [-0.05, 0) is 64.2 Å². The number of methoxy groups -OCH3 is 6. The molecule has 2 unspecified atom stereocenters. The van der Waals surface area contributed by atoms with E-state index >= 15 is 0 Å². The van der Waals surface area contributed by atoms with Crippen molar-refractivity contribution in [3.63, 3.8) is 0 Å². The van der Waals surface area contributed by atoms with Crippen molar-refractivity contribution in [3.8, 4) is 0 Å². The Morgan fingerprint density at radius 1 is 0.333 bits per heavy atom. The lowest BCUT2D eigenvalue weighted by Crippen LogP contribution is -2.29. The fourth-order valence-corrected chi connectivity index (χ4v) is 4.78. The SMILES string of the molecule is C.C.C.C.C.C.COCC(COC(=O)CCCCC(=O)OC)OC(=O)CCCCC(=O)OC.COCC(COC(=O)CCCCC(=O)OC)OC(=O)CCCCC(=O)OC.O=C(O)CCCCC(=O)O.OCC(O)CO.[OH-].[OH-]. The van der Waals surface area contributed by atoms with Crippen LogP contribution in [0.5, 0.6) is 0 Å². The fraction of sp³-hybridized carbons (Fsp3) is 0.804. The van der Waals surface area contributed by atoms with Crippen LogP contribution >= 0.6 is 0 Å².